The zero-order chi connectivity index (χ0) is 11.4. The van der Waals surface area contributed by atoms with E-state index in [-0.39, 0.29) is 11.9 Å². The van der Waals surface area contributed by atoms with Crippen molar-refractivity contribution in [2.24, 2.45) is 0 Å². The van der Waals surface area contributed by atoms with E-state index in [0.29, 0.717) is 12.6 Å². The van der Waals surface area contributed by atoms with Crippen molar-refractivity contribution >= 4 is 5.91 Å². The predicted molar refractivity (Wildman–Crippen MR) is 61.8 cm³/mol. The molecule has 1 unspecified atom stereocenters. The second-order valence-electron chi connectivity index (χ2n) is 4.23. The van der Waals surface area contributed by atoms with Crippen LogP contribution in [0.15, 0.2) is 24.5 Å². The lowest BCUT2D eigenvalue weighted by Crippen LogP contribution is -2.36. The predicted octanol–water partition coefficient (Wildman–Crippen LogP) is 1.01. The summed E-state index contributed by atoms with van der Waals surface area (Å²) in [5.41, 5.74) is 1.03. The Kier molecular flexibility index (Phi) is 3.51. The van der Waals surface area contributed by atoms with E-state index in [2.05, 4.69) is 15.6 Å². The topological polar surface area (TPSA) is 54.0 Å². The van der Waals surface area contributed by atoms with Crippen molar-refractivity contribution in [1.82, 2.24) is 15.6 Å². The molecule has 0 spiro atoms. The summed E-state index contributed by atoms with van der Waals surface area (Å²) in [5.74, 6) is 0.0447. The fraction of sp³-hybridized carbons (Fsp3) is 0.500. The molecule has 0 radical (unpaired) electrons. The lowest BCUT2D eigenvalue weighted by molar-refractivity contribution is -0.120. The fourth-order valence-electron chi connectivity index (χ4n) is 1.53. The molecule has 0 aromatic carbocycles. The first-order valence-corrected chi connectivity index (χ1v) is 5.68. The van der Waals surface area contributed by atoms with E-state index in [1.807, 2.05) is 19.1 Å². The maximum atomic E-state index is 11.6. The maximum Gasteiger partial charge on any atom is 0.234 e. The van der Waals surface area contributed by atoms with Gasteiger partial charge in [0.2, 0.25) is 5.91 Å². The molecule has 0 saturated heterocycles. The van der Waals surface area contributed by atoms with Crippen molar-refractivity contribution in [1.29, 1.82) is 0 Å². The highest BCUT2D eigenvalue weighted by Crippen LogP contribution is 2.18. The van der Waals surface area contributed by atoms with Gasteiger partial charge in [0, 0.05) is 18.4 Å². The minimum Gasteiger partial charge on any atom is -0.348 e. The molecule has 1 amide bonds. The normalized spacial score (nSPS) is 16.8. The second kappa shape index (κ2) is 5.07. The van der Waals surface area contributed by atoms with Crippen LogP contribution in [-0.4, -0.2) is 23.5 Å². The summed E-state index contributed by atoms with van der Waals surface area (Å²) in [7, 11) is 0. The first-order valence-electron chi connectivity index (χ1n) is 5.68. The highest BCUT2D eigenvalue weighted by Gasteiger charge is 2.21. The number of aromatic nitrogens is 1. The van der Waals surface area contributed by atoms with Gasteiger partial charge in [-0.3, -0.25) is 9.78 Å². The zero-order valence-electron chi connectivity index (χ0n) is 9.44. The van der Waals surface area contributed by atoms with Gasteiger partial charge in [-0.25, -0.2) is 0 Å². The summed E-state index contributed by atoms with van der Waals surface area (Å²) >= 11 is 0. The average molecular weight is 219 g/mol. The average Bonchev–Trinajstić information content (AvgIpc) is 3.11. The van der Waals surface area contributed by atoms with Crippen molar-refractivity contribution in [2.45, 2.75) is 31.8 Å². The molecule has 1 aromatic rings. The molecule has 0 aliphatic heterocycles. The van der Waals surface area contributed by atoms with Crippen LogP contribution in [0.4, 0.5) is 0 Å². The third-order valence-electron chi connectivity index (χ3n) is 2.69. The van der Waals surface area contributed by atoms with Gasteiger partial charge in [0.25, 0.3) is 0 Å². The highest BCUT2D eigenvalue weighted by atomic mass is 16.1. The number of carbonyl (C=O) groups is 1. The van der Waals surface area contributed by atoms with Crippen LogP contribution in [-0.2, 0) is 4.79 Å². The van der Waals surface area contributed by atoms with E-state index in [0.717, 1.165) is 5.56 Å². The van der Waals surface area contributed by atoms with E-state index < -0.39 is 0 Å². The smallest absolute Gasteiger partial charge is 0.234 e. The largest absolute Gasteiger partial charge is 0.348 e. The Morgan fingerprint density at radius 1 is 1.62 bits per heavy atom. The van der Waals surface area contributed by atoms with Gasteiger partial charge in [0.05, 0.1) is 12.6 Å². The molecule has 2 rings (SSSR count). The van der Waals surface area contributed by atoms with Gasteiger partial charge in [-0.05, 0) is 31.4 Å². The molecule has 1 heterocycles. The number of hydrogen-bond donors (Lipinski definition) is 2. The second-order valence-corrected chi connectivity index (χ2v) is 4.23. The van der Waals surface area contributed by atoms with Crippen molar-refractivity contribution in [2.75, 3.05) is 6.54 Å². The third kappa shape index (κ3) is 3.31. The lowest BCUT2D eigenvalue weighted by Gasteiger charge is -2.13. The number of hydrogen-bond acceptors (Lipinski definition) is 3. The minimum absolute atomic E-state index is 0.0159. The Balaban J connectivity index is 1.77. The van der Waals surface area contributed by atoms with Crippen LogP contribution in [0.2, 0.25) is 0 Å². The van der Waals surface area contributed by atoms with Crippen LogP contribution in [0, 0.1) is 0 Å². The van der Waals surface area contributed by atoms with Gasteiger partial charge in [-0.1, -0.05) is 6.07 Å². The van der Waals surface area contributed by atoms with Crippen molar-refractivity contribution in [3.63, 3.8) is 0 Å². The van der Waals surface area contributed by atoms with Crippen LogP contribution in [0.3, 0.4) is 0 Å². The molecule has 1 atom stereocenters. The Morgan fingerprint density at radius 3 is 3.06 bits per heavy atom. The third-order valence-corrected chi connectivity index (χ3v) is 2.69. The van der Waals surface area contributed by atoms with Crippen LogP contribution in [0.1, 0.15) is 31.4 Å². The van der Waals surface area contributed by atoms with Crippen LogP contribution >= 0.6 is 0 Å². The Morgan fingerprint density at radius 2 is 2.44 bits per heavy atom. The first-order chi connectivity index (χ1) is 7.75. The SMILES string of the molecule is CC(NC(=O)CNC1CC1)c1cccnc1. The van der Waals surface area contributed by atoms with Gasteiger partial charge in [-0.2, -0.15) is 0 Å². The summed E-state index contributed by atoms with van der Waals surface area (Å²) in [4.78, 5) is 15.6. The molecule has 16 heavy (non-hydrogen) atoms. The van der Waals surface area contributed by atoms with Gasteiger partial charge < -0.3 is 10.6 Å². The maximum absolute atomic E-state index is 11.6. The standard InChI is InChI=1S/C12H17N3O/c1-9(10-3-2-6-13-7-10)15-12(16)8-14-11-4-5-11/h2-3,6-7,9,11,14H,4-5,8H2,1H3,(H,15,16). The summed E-state index contributed by atoms with van der Waals surface area (Å²) in [6.07, 6.45) is 5.91. The molecular weight excluding hydrogens is 202 g/mol. The zero-order valence-corrected chi connectivity index (χ0v) is 9.44. The summed E-state index contributed by atoms with van der Waals surface area (Å²) < 4.78 is 0. The molecule has 1 saturated carbocycles. The molecule has 1 fully saturated rings. The lowest BCUT2D eigenvalue weighted by atomic mass is 10.1. The van der Waals surface area contributed by atoms with Crippen molar-refractivity contribution in [3.8, 4) is 0 Å². The van der Waals surface area contributed by atoms with Crippen LogP contribution in [0.25, 0.3) is 0 Å². The molecule has 1 aliphatic carbocycles. The number of nitrogens with zero attached hydrogens (tertiary/aromatic N) is 1. The molecule has 1 aromatic heterocycles. The van der Waals surface area contributed by atoms with E-state index >= 15 is 0 Å². The number of amides is 1. The monoisotopic (exact) mass is 219 g/mol. The number of nitrogens with one attached hydrogen (secondary N) is 2. The first kappa shape index (κ1) is 11.1. The molecule has 86 valence electrons. The summed E-state index contributed by atoms with van der Waals surface area (Å²) in [5, 5.41) is 6.12. The van der Waals surface area contributed by atoms with Gasteiger partial charge >= 0.3 is 0 Å². The Labute approximate surface area is 95.5 Å². The fourth-order valence-corrected chi connectivity index (χ4v) is 1.53. The number of rotatable bonds is 5. The number of carbonyl (C=O) groups excluding carboxylic acids is 1. The van der Waals surface area contributed by atoms with Crippen LogP contribution < -0.4 is 10.6 Å². The Bertz CT molecular complexity index is 349. The highest BCUT2D eigenvalue weighted by molar-refractivity contribution is 5.78. The van der Waals surface area contributed by atoms with E-state index in [9.17, 15) is 4.79 Å². The van der Waals surface area contributed by atoms with Gasteiger partial charge in [-0.15, -0.1) is 0 Å². The van der Waals surface area contributed by atoms with E-state index in [4.69, 9.17) is 0 Å². The van der Waals surface area contributed by atoms with Gasteiger partial charge in [0.15, 0.2) is 0 Å². The van der Waals surface area contributed by atoms with Crippen molar-refractivity contribution < 1.29 is 4.79 Å². The summed E-state index contributed by atoms with van der Waals surface area (Å²) in [6.45, 7) is 2.38. The molecule has 4 nitrogen and oxygen atoms in total. The van der Waals surface area contributed by atoms with E-state index in [1.54, 1.807) is 12.4 Å². The molecule has 4 heteroatoms. The van der Waals surface area contributed by atoms with Gasteiger partial charge in [0.1, 0.15) is 0 Å². The molecule has 2 N–H and O–H groups in total. The quantitative estimate of drug-likeness (QED) is 0.777. The molecular formula is C12H17N3O. The molecule has 1 aliphatic rings. The van der Waals surface area contributed by atoms with E-state index in [1.165, 1.54) is 12.8 Å². The number of pyridine rings is 1. The minimum atomic E-state index is 0.0159. The Hall–Kier alpha value is -1.42. The van der Waals surface area contributed by atoms with Crippen LogP contribution in [0.5, 0.6) is 0 Å². The molecule has 0 bridgehead atoms. The summed E-state index contributed by atoms with van der Waals surface area (Å²) in [6, 6.07) is 4.42. The van der Waals surface area contributed by atoms with Crippen molar-refractivity contribution in [3.05, 3.63) is 30.1 Å².